The van der Waals surface area contributed by atoms with Crippen molar-refractivity contribution < 1.29 is 0 Å². The highest BCUT2D eigenvalue weighted by atomic mass is 32.1. The van der Waals surface area contributed by atoms with Gasteiger partial charge in [-0.1, -0.05) is 6.92 Å². The minimum absolute atomic E-state index is 0.776. The molecule has 1 aliphatic carbocycles. The number of hydrogen-bond acceptors (Lipinski definition) is 6. The number of rotatable bonds is 1. The first-order valence-electron chi connectivity index (χ1n) is 8.07. The Labute approximate surface area is 138 Å². The summed E-state index contributed by atoms with van der Waals surface area (Å²) in [4.78, 5) is 22.7. The molecule has 1 aliphatic heterocycles. The van der Waals surface area contributed by atoms with Crippen molar-refractivity contribution >= 4 is 27.4 Å². The molecule has 4 heterocycles. The van der Waals surface area contributed by atoms with E-state index < -0.39 is 0 Å². The molecule has 2 aliphatic rings. The zero-order chi connectivity index (χ0) is 15.4. The van der Waals surface area contributed by atoms with Crippen molar-refractivity contribution in [2.45, 2.75) is 39.3 Å². The first-order chi connectivity index (χ1) is 11.3. The van der Waals surface area contributed by atoms with Crippen LogP contribution in [0.3, 0.4) is 0 Å². The Kier molecular flexibility index (Phi) is 2.88. The van der Waals surface area contributed by atoms with E-state index in [0.717, 1.165) is 41.8 Å². The highest BCUT2D eigenvalue weighted by Crippen LogP contribution is 2.41. The van der Waals surface area contributed by atoms with Crippen LogP contribution >= 0.6 is 11.3 Å². The van der Waals surface area contributed by atoms with E-state index in [-0.39, 0.29) is 0 Å². The molecule has 1 unspecified atom stereocenters. The van der Waals surface area contributed by atoms with Gasteiger partial charge in [0.2, 0.25) is 0 Å². The van der Waals surface area contributed by atoms with Crippen molar-refractivity contribution in [2.24, 2.45) is 5.92 Å². The van der Waals surface area contributed by atoms with E-state index in [9.17, 15) is 0 Å². The van der Waals surface area contributed by atoms with Gasteiger partial charge in [0.1, 0.15) is 23.3 Å². The number of nitrogens with zero attached hydrogens (tertiary/aromatic N) is 5. The zero-order valence-electron chi connectivity index (χ0n) is 13.0. The molecule has 0 spiro atoms. The van der Waals surface area contributed by atoms with E-state index >= 15 is 0 Å². The van der Waals surface area contributed by atoms with E-state index in [1.807, 2.05) is 17.5 Å². The normalized spacial score (nSPS) is 19.9. The van der Waals surface area contributed by atoms with Crippen molar-refractivity contribution in [3.8, 4) is 0 Å². The monoisotopic (exact) mass is 323 g/mol. The molecule has 3 aromatic heterocycles. The van der Waals surface area contributed by atoms with Crippen LogP contribution in [0.25, 0.3) is 10.2 Å². The minimum Gasteiger partial charge on any atom is -0.346 e. The topological polar surface area (TPSA) is 54.8 Å². The largest absolute Gasteiger partial charge is 0.346 e. The molecule has 116 valence electrons. The third-order valence-corrected chi connectivity index (χ3v) is 6.12. The Morgan fingerprint density at radius 1 is 1.17 bits per heavy atom. The van der Waals surface area contributed by atoms with Crippen LogP contribution in [0.2, 0.25) is 0 Å². The molecule has 3 aromatic rings. The lowest BCUT2D eigenvalue weighted by Crippen LogP contribution is -2.17. The van der Waals surface area contributed by atoms with E-state index in [4.69, 9.17) is 0 Å². The van der Waals surface area contributed by atoms with Crippen LogP contribution in [0.15, 0.2) is 18.9 Å². The van der Waals surface area contributed by atoms with Gasteiger partial charge in [-0.15, -0.1) is 11.3 Å². The van der Waals surface area contributed by atoms with Crippen molar-refractivity contribution in [3.05, 3.63) is 40.5 Å². The van der Waals surface area contributed by atoms with Gasteiger partial charge < -0.3 is 4.90 Å². The molecule has 0 saturated heterocycles. The quantitative estimate of drug-likeness (QED) is 0.689. The maximum atomic E-state index is 4.64. The SMILES string of the molecule is CC1CCc2c(sc3ncnc(N4Cc5cncnc5C4)c23)C1. The van der Waals surface area contributed by atoms with E-state index in [1.165, 1.54) is 34.2 Å². The minimum atomic E-state index is 0.776. The number of thiophene rings is 1. The summed E-state index contributed by atoms with van der Waals surface area (Å²) in [6.45, 7) is 3.99. The summed E-state index contributed by atoms with van der Waals surface area (Å²) < 4.78 is 0. The number of anilines is 1. The number of aromatic nitrogens is 4. The molecule has 6 heteroatoms. The summed E-state index contributed by atoms with van der Waals surface area (Å²) in [5.74, 6) is 1.85. The fourth-order valence-electron chi connectivity index (χ4n) is 3.75. The molecule has 0 bridgehead atoms. The molecule has 0 fully saturated rings. The van der Waals surface area contributed by atoms with Crippen LogP contribution in [0, 0.1) is 5.92 Å². The third kappa shape index (κ3) is 2.05. The standard InChI is InChI=1S/C17H17N5S/c1-10-2-3-12-14(4-10)23-17-15(12)16(20-9-21-17)22-6-11-5-18-8-19-13(11)7-22/h5,8-10H,2-4,6-7H2,1H3. The molecule has 0 saturated carbocycles. The number of aryl methyl sites for hydroxylation is 1. The second-order valence-electron chi connectivity index (χ2n) is 6.58. The van der Waals surface area contributed by atoms with Crippen molar-refractivity contribution in [1.29, 1.82) is 0 Å². The average molecular weight is 323 g/mol. The number of fused-ring (bicyclic) bond motifs is 4. The van der Waals surface area contributed by atoms with Crippen LogP contribution < -0.4 is 4.90 Å². The lowest BCUT2D eigenvalue weighted by Gasteiger charge is -2.20. The molecular weight excluding hydrogens is 306 g/mol. The molecular formula is C17H17N5S. The van der Waals surface area contributed by atoms with E-state index in [2.05, 4.69) is 31.8 Å². The fraction of sp³-hybridized carbons (Fsp3) is 0.412. The average Bonchev–Trinajstić information content (AvgIpc) is 3.14. The van der Waals surface area contributed by atoms with Gasteiger partial charge in [-0.25, -0.2) is 19.9 Å². The van der Waals surface area contributed by atoms with Gasteiger partial charge in [0.05, 0.1) is 17.6 Å². The molecule has 23 heavy (non-hydrogen) atoms. The van der Waals surface area contributed by atoms with Gasteiger partial charge in [-0.3, -0.25) is 0 Å². The Morgan fingerprint density at radius 2 is 2.13 bits per heavy atom. The van der Waals surface area contributed by atoms with Gasteiger partial charge in [0.15, 0.2) is 0 Å². The van der Waals surface area contributed by atoms with Gasteiger partial charge in [-0.2, -0.15) is 0 Å². The van der Waals surface area contributed by atoms with Crippen LogP contribution in [0.1, 0.15) is 35.0 Å². The van der Waals surface area contributed by atoms with Crippen LogP contribution in [-0.2, 0) is 25.9 Å². The fourth-order valence-corrected chi connectivity index (χ4v) is 5.09. The smallest absolute Gasteiger partial charge is 0.141 e. The third-order valence-electron chi connectivity index (χ3n) is 4.95. The molecule has 0 amide bonds. The Morgan fingerprint density at radius 3 is 3.04 bits per heavy atom. The summed E-state index contributed by atoms with van der Waals surface area (Å²) in [5.41, 5.74) is 3.81. The number of hydrogen-bond donors (Lipinski definition) is 0. The summed E-state index contributed by atoms with van der Waals surface area (Å²) in [6.07, 6.45) is 8.85. The van der Waals surface area contributed by atoms with Crippen molar-refractivity contribution in [2.75, 3.05) is 4.90 Å². The molecule has 0 aromatic carbocycles. The lowest BCUT2D eigenvalue weighted by atomic mass is 9.89. The van der Waals surface area contributed by atoms with Gasteiger partial charge in [0, 0.05) is 23.2 Å². The Balaban J connectivity index is 1.63. The summed E-state index contributed by atoms with van der Waals surface area (Å²) >= 11 is 1.85. The first-order valence-corrected chi connectivity index (χ1v) is 8.89. The maximum Gasteiger partial charge on any atom is 0.141 e. The van der Waals surface area contributed by atoms with Crippen molar-refractivity contribution in [3.63, 3.8) is 0 Å². The second kappa shape index (κ2) is 4.96. The van der Waals surface area contributed by atoms with E-state index in [0.29, 0.717) is 0 Å². The molecule has 0 N–H and O–H groups in total. The molecule has 5 nitrogen and oxygen atoms in total. The predicted octanol–water partition coefficient (Wildman–Crippen LogP) is 3.13. The lowest BCUT2D eigenvalue weighted by molar-refractivity contribution is 0.509. The summed E-state index contributed by atoms with van der Waals surface area (Å²) in [5, 5.41) is 1.28. The predicted molar refractivity (Wildman–Crippen MR) is 90.5 cm³/mol. The first kappa shape index (κ1) is 13.4. The zero-order valence-corrected chi connectivity index (χ0v) is 13.8. The van der Waals surface area contributed by atoms with Crippen molar-refractivity contribution in [1.82, 2.24) is 19.9 Å². The highest BCUT2D eigenvalue weighted by molar-refractivity contribution is 7.19. The van der Waals surface area contributed by atoms with Crippen LogP contribution in [0.4, 0.5) is 5.82 Å². The van der Waals surface area contributed by atoms with Crippen LogP contribution in [0.5, 0.6) is 0 Å². The van der Waals surface area contributed by atoms with E-state index in [1.54, 1.807) is 12.7 Å². The summed E-state index contributed by atoms with van der Waals surface area (Å²) in [7, 11) is 0. The highest BCUT2D eigenvalue weighted by Gasteiger charge is 2.28. The second-order valence-corrected chi connectivity index (χ2v) is 7.66. The van der Waals surface area contributed by atoms with Gasteiger partial charge in [0.25, 0.3) is 0 Å². The molecule has 5 rings (SSSR count). The Bertz CT molecular complexity index is 878. The Hall–Kier alpha value is -2.08. The summed E-state index contributed by atoms with van der Waals surface area (Å²) in [6, 6.07) is 0. The van der Waals surface area contributed by atoms with Gasteiger partial charge >= 0.3 is 0 Å². The molecule has 1 atom stereocenters. The van der Waals surface area contributed by atoms with Gasteiger partial charge in [-0.05, 0) is 30.7 Å². The molecule has 0 radical (unpaired) electrons. The van der Waals surface area contributed by atoms with Crippen LogP contribution in [-0.4, -0.2) is 19.9 Å². The maximum absolute atomic E-state index is 4.64.